The van der Waals surface area contributed by atoms with Gasteiger partial charge < -0.3 is 9.84 Å². The zero-order valence-electron chi connectivity index (χ0n) is 11.1. The zero-order valence-corrected chi connectivity index (χ0v) is 11.9. The van der Waals surface area contributed by atoms with E-state index >= 15 is 0 Å². The molecule has 0 saturated carbocycles. The van der Waals surface area contributed by atoms with E-state index in [1.807, 2.05) is 0 Å². The van der Waals surface area contributed by atoms with Crippen molar-refractivity contribution in [2.45, 2.75) is 38.0 Å². The average molecular weight is 278 g/mol. The van der Waals surface area contributed by atoms with E-state index in [9.17, 15) is 0 Å². The lowest BCUT2D eigenvalue weighted by atomic mass is 9.77. The molecule has 5 nitrogen and oxygen atoms in total. The molecular formula is C13H18N4OS. The Balaban J connectivity index is 1.90. The third kappa shape index (κ3) is 2.42. The smallest absolute Gasteiger partial charge is 0.234 e. The van der Waals surface area contributed by atoms with Crippen LogP contribution in [0, 0.1) is 0 Å². The Bertz CT molecular complexity index is 511. The summed E-state index contributed by atoms with van der Waals surface area (Å²) in [5, 5.41) is 7.58. The third-order valence-corrected chi connectivity index (χ3v) is 4.50. The summed E-state index contributed by atoms with van der Waals surface area (Å²) in [6.45, 7) is 4.23. The highest BCUT2D eigenvalue weighted by molar-refractivity contribution is 7.13. The summed E-state index contributed by atoms with van der Waals surface area (Å²) >= 11 is 1.54. The van der Waals surface area contributed by atoms with Gasteiger partial charge in [-0.3, -0.25) is 4.98 Å². The number of piperidine rings is 1. The molecule has 0 radical (unpaired) electrons. The highest BCUT2D eigenvalue weighted by atomic mass is 32.1. The molecule has 0 aliphatic carbocycles. The van der Waals surface area contributed by atoms with E-state index in [1.54, 1.807) is 11.7 Å². The van der Waals surface area contributed by atoms with E-state index in [1.165, 1.54) is 11.3 Å². The maximum Gasteiger partial charge on any atom is 0.234 e. The minimum absolute atomic E-state index is 0.0168. The van der Waals surface area contributed by atoms with Gasteiger partial charge in [0.05, 0.1) is 15.8 Å². The minimum atomic E-state index is 0.0168. The molecule has 1 fully saturated rings. The van der Waals surface area contributed by atoms with Gasteiger partial charge >= 0.3 is 0 Å². The number of aromatic nitrogens is 3. The summed E-state index contributed by atoms with van der Waals surface area (Å²) in [6, 6.07) is 0. The van der Waals surface area contributed by atoms with E-state index in [-0.39, 0.29) is 5.41 Å². The van der Waals surface area contributed by atoms with Crippen LogP contribution in [0.25, 0.3) is 10.7 Å². The van der Waals surface area contributed by atoms with Crippen molar-refractivity contribution >= 4 is 11.3 Å². The number of nitrogens with one attached hydrogen (secondary N) is 1. The molecule has 2 aromatic heterocycles. The normalized spacial score (nSPS) is 23.6. The molecular weight excluding hydrogens is 260 g/mol. The summed E-state index contributed by atoms with van der Waals surface area (Å²) < 4.78 is 5.56. The van der Waals surface area contributed by atoms with Gasteiger partial charge in [-0.1, -0.05) is 18.5 Å². The molecule has 3 rings (SSSR count). The first kappa shape index (κ1) is 12.7. The predicted molar refractivity (Wildman–Crippen MR) is 74.1 cm³/mol. The molecule has 1 unspecified atom stereocenters. The number of rotatable bonds is 4. The second-order valence-electron chi connectivity index (χ2n) is 5.10. The highest BCUT2D eigenvalue weighted by Crippen LogP contribution is 2.35. The van der Waals surface area contributed by atoms with Crippen molar-refractivity contribution in [1.29, 1.82) is 0 Å². The summed E-state index contributed by atoms with van der Waals surface area (Å²) in [4.78, 5) is 9.64. The highest BCUT2D eigenvalue weighted by Gasteiger charge is 2.38. The van der Waals surface area contributed by atoms with Crippen molar-refractivity contribution in [2.24, 2.45) is 0 Å². The van der Waals surface area contributed by atoms with Gasteiger partial charge in [0, 0.05) is 12.7 Å². The van der Waals surface area contributed by atoms with Crippen LogP contribution in [0.1, 0.15) is 38.5 Å². The second-order valence-corrected chi connectivity index (χ2v) is 5.99. The maximum absolute atomic E-state index is 5.56. The lowest BCUT2D eigenvalue weighted by Gasteiger charge is -2.34. The summed E-state index contributed by atoms with van der Waals surface area (Å²) in [7, 11) is 0. The summed E-state index contributed by atoms with van der Waals surface area (Å²) in [5.41, 5.74) is 1.80. The first-order chi connectivity index (χ1) is 9.34. The Labute approximate surface area is 116 Å². The molecule has 102 valence electrons. The average Bonchev–Trinajstić information content (AvgIpc) is 3.11. The summed E-state index contributed by atoms with van der Waals surface area (Å²) in [5.74, 6) is 1.45. The van der Waals surface area contributed by atoms with Crippen LogP contribution in [-0.2, 0) is 5.41 Å². The molecule has 1 atom stereocenters. The van der Waals surface area contributed by atoms with Gasteiger partial charge in [-0.2, -0.15) is 4.98 Å². The van der Waals surface area contributed by atoms with Gasteiger partial charge in [-0.05, 0) is 25.8 Å². The minimum Gasteiger partial charge on any atom is -0.338 e. The van der Waals surface area contributed by atoms with Crippen LogP contribution in [-0.4, -0.2) is 28.2 Å². The van der Waals surface area contributed by atoms with Gasteiger partial charge in [-0.15, -0.1) is 11.3 Å². The van der Waals surface area contributed by atoms with E-state index in [0.717, 1.165) is 49.5 Å². The van der Waals surface area contributed by atoms with Crippen molar-refractivity contribution in [3.63, 3.8) is 0 Å². The molecule has 1 aliphatic heterocycles. The molecule has 0 aromatic carbocycles. The number of hydrogen-bond donors (Lipinski definition) is 1. The Morgan fingerprint density at radius 1 is 1.53 bits per heavy atom. The Kier molecular flexibility index (Phi) is 3.61. The topological polar surface area (TPSA) is 63.8 Å². The first-order valence-corrected chi connectivity index (χ1v) is 7.66. The van der Waals surface area contributed by atoms with E-state index < -0.39 is 0 Å². The second kappa shape index (κ2) is 5.38. The molecule has 0 amide bonds. The van der Waals surface area contributed by atoms with Gasteiger partial charge in [0.1, 0.15) is 0 Å². The van der Waals surface area contributed by atoms with Crippen LogP contribution < -0.4 is 5.32 Å². The number of thiazole rings is 1. The van der Waals surface area contributed by atoms with E-state index in [0.29, 0.717) is 5.82 Å². The van der Waals surface area contributed by atoms with Gasteiger partial charge in [0.15, 0.2) is 0 Å². The van der Waals surface area contributed by atoms with Gasteiger partial charge in [0.2, 0.25) is 11.7 Å². The van der Waals surface area contributed by atoms with Crippen LogP contribution in [0.3, 0.4) is 0 Å². The Morgan fingerprint density at radius 2 is 2.47 bits per heavy atom. The molecule has 3 heterocycles. The SMILES string of the molecule is CCCC1(c2nc(-c3cncs3)no2)CCCNC1. The largest absolute Gasteiger partial charge is 0.338 e. The van der Waals surface area contributed by atoms with Crippen LogP contribution in [0.2, 0.25) is 0 Å². The molecule has 1 N–H and O–H groups in total. The maximum atomic E-state index is 5.56. The molecule has 6 heteroatoms. The van der Waals surface area contributed by atoms with Crippen LogP contribution >= 0.6 is 11.3 Å². The standard InChI is InChI=1S/C13H18N4OS/c1-2-4-13(5-3-6-14-8-13)12-16-11(17-18-12)10-7-15-9-19-10/h7,9,14H,2-6,8H2,1H3. The predicted octanol–water partition coefficient (Wildman–Crippen LogP) is 2.61. The monoisotopic (exact) mass is 278 g/mol. The third-order valence-electron chi connectivity index (χ3n) is 3.73. The van der Waals surface area contributed by atoms with Crippen molar-refractivity contribution in [1.82, 2.24) is 20.4 Å². The fourth-order valence-electron chi connectivity index (χ4n) is 2.81. The van der Waals surface area contributed by atoms with Crippen molar-refractivity contribution in [3.8, 4) is 10.7 Å². The lowest BCUT2D eigenvalue weighted by Crippen LogP contribution is -2.43. The summed E-state index contributed by atoms with van der Waals surface area (Å²) in [6.07, 6.45) is 6.28. The fourth-order valence-corrected chi connectivity index (χ4v) is 3.36. The van der Waals surface area contributed by atoms with E-state index in [2.05, 4.69) is 27.4 Å². The van der Waals surface area contributed by atoms with Gasteiger partial charge in [0.25, 0.3) is 0 Å². The Hall–Kier alpha value is -1.27. The quantitative estimate of drug-likeness (QED) is 0.931. The molecule has 2 aromatic rings. The molecule has 0 bridgehead atoms. The zero-order chi connectivity index (χ0) is 13.1. The van der Waals surface area contributed by atoms with Crippen LogP contribution in [0.4, 0.5) is 0 Å². The molecule has 1 saturated heterocycles. The van der Waals surface area contributed by atoms with Crippen molar-refractivity contribution in [3.05, 3.63) is 17.6 Å². The van der Waals surface area contributed by atoms with Crippen molar-refractivity contribution in [2.75, 3.05) is 13.1 Å². The van der Waals surface area contributed by atoms with E-state index in [4.69, 9.17) is 4.52 Å². The number of nitrogens with zero attached hydrogens (tertiary/aromatic N) is 3. The van der Waals surface area contributed by atoms with Crippen LogP contribution in [0.5, 0.6) is 0 Å². The first-order valence-electron chi connectivity index (χ1n) is 6.78. The molecule has 0 spiro atoms. The fraction of sp³-hybridized carbons (Fsp3) is 0.615. The molecule has 1 aliphatic rings. The van der Waals surface area contributed by atoms with Crippen LogP contribution in [0.15, 0.2) is 16.2 Å². The van der Waals surface area contributed by atoms with Crippen molar-refractivity contribution < 1.29 is 4.52 Å². The number of hydrogen-bond acceptors (Lipinski definition) is 6. The molecule has 19 heavy (non-hydrogen) atoms. The lowest BCUT2D eigenvalue weighted by molar-refractivity contribution is 0.213. The Morgan fingerprint density at radius 3 is 3.16 bits per heavy atom. The van der Waals surface area contributed by atoms with Gasteiger partial charge in [-0.25, -0.2) is 0 Å².